The van der Waals surface area contributed by atoms with Gasteiger partial charge in [0, 0.05) is 0 Å². The fourth-order valence-corrected chi connectivity index (χ4v) is 7.40. The maximum atomic E-state index is 6.57. The summed E-state index contributed by atoms with van der Waals surface area (Å²) in [6.45, 7) is 0. The number of ether oxygens (including phenoxy) is 4. The lowest BCUT2D eigenvalue weighted by molar-refractivity contribution is -0.117. The Balaban J connectivity index is 0.920. The van der Waals surface area contributed by atoms with Crippen molar-refractivity contribution in [1.82, 2.24) is 0 Å². The van der Waals surface area contributed by atoms with E-state index in [4.69, 9.17) is 18.9 Å². The minimum absolute atomic E-state index is 0.459. The Hall–Kier alpha value is -0.160. The smallest absolute Gasteiger partial charge is 0.0580 e. The third-order valence-corrected chi connectivity index (χ3v) is 9.51. The summed E-state index contributed by atoms with van der Waals surface area (Å²) in [5.74, 6) is 0. The average molecular weight is 477 g/mol. The first-order valence-corrected chi connectivity index (χ1v) is 15.4. The zero-order valence-corrected chi connectivity index (χ0v) is 21.8. The van der Waals surface area contributed by atoms with E-state index in [1.54, 1.807) is 0 Å². The molecule has 34 heavy (non-hydrogen) atoms. The van der Waals surface area contributed by atoms with Crippen molar-refractivity contribution in [3.8, 4) is 0 Å². The molecule has 0 spiro atoms. The van der Waals surface area contributed by atoms with Crippen molar-refractivity contribution in [3.63, 3.8) is 0 Å². The molecule has 4 nitrogen and oxygen atoms in total. The minimum atomic E-state index is 0.459. The van der Waals surface area contributed by atoms with Gasteiger partial charge in [0.15, 0.2) is 0 Å². The molecule has 0 amide bonds. The van der Waals surface area contributed by atoms with Gasteiger partial charge >= 0.3 is 0 Å². The maximum absolute atomic E-state index is 6.57. The van der Waals surface area contributed by atoms with Crippen LogP contribution in [0.25, 0.3) is 0 Å². The van der Waals surface area contributed by atoms with Gasteiger partial charge in [-0.2, -0.15) is 0 Å². The van der Waals surface area contributed by atoms with Gasteiger partial charge in [-0.3, -0.25) is 0 Å². The molecule has 5 rings (SSSR count). The molecule has 0 aromatic carbocycles. The van der Waals surface area contributed by atoms with E-state index in [0.29, 0.717) is 48.8 Å². The second-order valence-electron chi connectivity index (χ2n) is 12.3. The summed E-state index contributed by atoms with van der Waals surface area (Å²) in [6.07, 6.45) is 31.7. The molecule has 0 bridgehead atoms. The van der Waals surface area contributed by atoms with Crippen LogP contribution in [0.4, 0.5) is 0 Å². The highest BCUT2D eigenvalue weighted by Gasteiger charge is 2.31. The van der Waals surface area contributed by atoms with Gasteiger partial charge in [-0.25, -0.2) is 0 Å². The highest BCUT2D eigenvalue weighted by Crippen LogP contribution is 2.34. The Labute approximate surface area is 209 Å². The molecule has 0 heterocycles. The van der Waals surface area contributed by atoms with E-state index in [1.165, 1.54) is 141 Å². The van der Waals surface area contributed by atoms with Crippen molar-refractivity contribution < 1.29 is 18.9 Å². The molecule has 196 valence electrons. The normalized spacial score (nSPS) is 39.2. The molecule has 0 atom stereocenters. The lowest BCUT2D eigenvalue weighted by Gasteiger charge is -2.38. The molecule has 0 aromatic heterocycles. The molecule has 5 aliphatic rings. The van der Waals surface area contributed by atoms with Crippen LogP contribution in [-0.4, -0.2) is 48.8 Å². The molecule has 5 saturated carbocycles. The predicted octanol–water partition coefficient (Wildman–Crippen LogP) is 7.65. The van der Waals surface area contributed by atoms with Crippen molar-refractivity contribution in [3.05, 3.63) is 0 Å². The van der Waals surface area contributed by atoms with Gasteiger partial charge in [-0.15, -0.1) is 0 Å². The zero-order valence-electron chi connectivity index (χ0n) is 21.8. The first kappa shape index (κ1) is 25.5. The SMILES string of the molecule is C1CCC(OC2CCC(OC3CCC(OC4CCC(OC5CCCCC5)CC4)CC3)CC2)CC1. The van der Waals surface area contributed by atoms with E-state index in [1.807, 2.05) is 0 Å². The Bertz CT molecular complexity index is 496. The monoisotopic (exact) mass is 476 g/mol. The Morgan fingerprint density at radius 1 is 0.206 bits per heavy atom. The van der Waals surface area contributed by atoms with Crippen molar-refractivity contribution in [2.45, 2.75) is 190 Å². The molecule has 0 aliphatic heterocycles. The number of hydrogen-bond donors (Lipinski definition) is 0. The van der Waals surface area contributed by atoms with Gasteiger partial charge in [0.05, 0.1) is 48.8 Å². The standard InChI is InChI=1S/C30H52O4/c1-3-7-23(8-4-1)31-25-11-15-27(16-12-25)33-29-19-21-30(22-20-29)34-28-17-13-26(14-18-28)32-24-9-5-2-6-10-24/h23-30H,1-22H2. The van der Waals surface area contributed by atoms with E-state index in [-0.39, 0.29) is 0 Å². The predicted molar refractivity (Wildman–Crippen MR) is 136 cm³/mol. The fraction of sp³-hybridized carbons (Fsp3) is 1.00. The van der Waals surface area contributed by atoms with Gasteiger partial charge in [-0.05, 0) is 103 Å². The van der Waals surface area contributed by atoms with Crippen LogP contribution in [0.2, 0.25) is 0 Å². The Morgan fingerprint density at radius 3 is 0.588 bits per heavy atom. The summed E-state index contributed by atoms with van der Waals surface area (Å²) >= 11 is 0. The van der Waals surface area contributed by atoms with Crippen LogP contribution in [0, 0.1) is 0 Å². The third kappa shape index (κ3) is 7.92. The van der Waals surface area contributed by atoms with Crippen molar-refractivity contribution >= 4 is 0 Å². The van der Waals surface area contributed by atoms with Crippen LogP contribution in [0.1, 0.15) is 141 Å². The largest absolute Gasteiger partial charge is 0.375 e. The summed E-state index contributed by atoms with van der Waals surface area (Å²) in [5, 5.41) is 0. The van der Waals surface area contributed by atoms with E-state index in [9.17, 15) is 0 Å². The van der Waals surface area contributed by atoms with Crippen molar-refractivity contribution in [2.75, 3.05) is 0 Å². The maximum Gasteiger partial charge on any atom is 0.0580 e. The first-order chi connectivity index (χ1) is 16.8. The van der Waals surface area contributed by atoms with Crippen molar-refractivity contribution in [1.29, 1.82) is 0 Å². The van der Waals surface area contributed by atoms with E-state index < -0.39 is 0 Å². The summed E-state index contributed by atoms with van der Waals surface area (Å²) in [5.41, 5.74) is 0. The van der Waals surface area contributed by atoms with Crippen LogP contribution in [-0.2, 0) is 18.9 Å². The van der Waals surface area contributed by atoms with Crippen LogP contribution in [0.15, 0.2) is 0 Å². The molecular weight excluding hydrogens is 424 g/mol. The van der Waals surface area contributed by atoms with Crippen LogP contribution < -0.4 is 0 Å². The van der Waals surface area contributed by atoms with Gasteiger partial charge in [0.2, 0.25) is 0 Å². The molecule has 5 fully saturated rings. The topological polar surface area (TPSA) is 36.9 Å². The number of rotatable bonds is 8. The second kappa shape index (κ2) is 13.4. The van der Waals surface area contributed by atoms with E-state index >= 15 is 0 Å². The van der Waals surface area contributed by atoms with E-state index in [0.717, 1.165) is 0 Å². The van der Waals surface area contributed by atoms with Crippen LogP contribution >= 0.6 is 0 Å². The molecule has 0 radical (unpaired) electrons. The first-order valence-electron chi connectivity index (χ1n) is 15.4. The fourth-order valence-electron chi connectivity index (χ4n) is 7.40. The second-order valence-corrected chi connectivity index (χ2v) is 12.3. The Kier molecular flexibility index (Phi) is 10.0. The molecule has 0 aromatic rings. The molecule has 0 N–H and O–H groups in total. The van der Waals surface area contributed by atoms with Gasteiger partial charge in [0.1, 0.15) is 0 Å². The molecule has 4 heteroatoms. The molecule has 0 saturated heterocycles. The summed E-state index contributed by atoms with van der Waals surface area (Å²) in [7, 11) is 0. The lowest BCUT2D eigenvalue weighted by Crippen LogP contribution is -2.36. The zero-order chi connectivity index (χ0) is 23.0. The summed E-state index contributed by atoms with van der Waals surface area (Å²) in [6, 6.07) is 0. The van der Waals surface area contributed by atoms with Crippen molar-refractivity contribution in [2.24, 2.45) is 0 Å². The highest BCUT2D eigenvalue weighted by atomic mass is 16.5. The van der Waals surface area contributed by atoms with Crippen LogP contribution in [0.3, 0.4) is 0 Å². The number of hydrogen-bond acceptors (Lipinski definition) is 4. The third-order valence-electron chi connectivity index (χ3n) is 9.51. The Morgan fingerprint density at radius 2 is 0.382 bits per heavy atom. The molecule has 5 aliphatic carbocycles. The van der Waals surface area contributed by atoms with E-state index in [2.05, 4.69) is 0 Å². The summed E-state index contributed by atoms with van der Waals surface area (Å²) < 4.78 is 26.0. The van der Waals surface area contributed by atoms with Gasteiger partial charge < -0.3 is 18.9 Å². The quantitative estimate of drug-likeness (QED) is 0.360. The average Bonchev–Trinajstić information content (AvgIpc) is 2.89. The summed E-state index contributed by atoms with van der Waals surface area (Å²) in [4.78, 5) is 0. The molecule has 0 unspecified atom stereocenters. The molecular formula is C30H52O4. The van der Waals surface area contributed by atoms with Crippen LogP contribution in [0.5, 0.6) is 0 Å². The minimum Gasteiger partial charge on any atom is -0.375 e. The lowest BCUT2D eigenvalue weighted by atomic mass is 9.90. The van der Waals surface area contributed by atoms with Gasteiger partial charge in [-0.1, -0.05) is 38.5 Å². The highest BCUT2D eigenvalue weighted by molar-refractivity contribution is 4.81. The van der Waals surface area contributed by atoms with Gasteiger partial charge in [0.25, 0.3) is 0 Å².